The lowest BCUT2D eigenvalue weighted by Gasteiger charge is -2.05. The lowest BCUT2D eigenvalue weighted by molar-refractivity contribution is -0.402. The third-order valence-corrected chi connectivity index (χ3v) is 1.41. The maximum atomic E-state index is 10.5. The van der Waals surface area contributed by atoms with Crippen LogP contribution in [0, 0.1) is 15.3 Å². The minimum atomic E-state index is -1.75. The monoisotopic (exact) mass is 178 g/mol. The number of carbonyl (C=O) groups excluding carboxylic acids is 1. The van der Waals surface area contributed by atoms with Gasteiger partial charge in [-0.15, -0.1) is 0 Å². The van der Waals surface area contributed by atoms with E-state index in [0.717, 1.165) is 25.7 Å². The Labute approximate surface area is 70.3 Å². The average molecular weight is 178 g/mol. The van der Waals surface area contributed by atoms with Gasteiger partial charge in [-0.3, -0.25) is 4.79 Å². The summed E-state index contributed by atoms with van der Waals surface area (Å²) in [4.78, 5) is 18.7. The van der Waals surface area contributed by atoms with Crippen molar-refractivity contribution in [1.82, 2.24) is 6.15 Å². The summed E-state index contributed by atoms with van der Waals surface area (Å²) < 4.78 is 0. The quantitative estimate of drug-likeness (QED) is 0.447. The van der Waals surface area contributed by atoms with Crippen LogP contribution in [-0.4, -0.2) is 10.9 Å². The number of carbonyl (C=O) groups is 1. The summed E-state index contributed by atoms with van der Waals surface area (Å²) in [6.45, 7) is 0. The van der Waals surface area contributed by atoms with Crippen molar-refractivity contribution in [2.45, 2.75) is 32.1 Å². The molecule has 6 nitrogen and oxygen atoms in total. The van der Waals surface area contributed by atoms with Gasteiger partial charge in [-0.2, -0.15) is 0 Å². The molecule has 1 rings (SSSR count). The van der Waals surface area contributed by atoms with Crippen LogP contribution in [0.5, 0.6) is 0 Å². The molecule has 0 amide bonds. The highest BCUT2D eigenvalue weighted by atomic mass is 16.9. The predicted molar refractivity (Wildman–Crippen MR) is 44.4 cm³/mol. The zero-order valence-electron chi connectivity index (χ0n) is 7.12. The van der Waals surface area contributed by atoms with Crippen molar-refractivity contribution in [3.8, 4) is 0 Å². The Hall–Kier alpha value is -1.17. The zero-order valence-corrected chi connectivity index (χ0v) is 7.12. The van der Waals surface area contributed by atoms with Gasteiger partial charge in [-0.1, -0.05) is 6.42 Å². The van der Waals surface area contributed by atoms with Gasteiger partial charge in [0.15, 0.2) is 0 Å². The number of rotatable bonds is 0. The SMILES string of the molecule is O=C1CCCCC1.O=[N+]([O-])[O-].[NH4+]. The summed E-state index contributed by atoms with van der Waals surface area (Å²) >= 11 is 0. The Balaban J connectivity index is 0. The molecule has 1 aliphatic rings. The molecular weight excluding hydrogens is 164 g/mol. The van der Waals surface area contributed by atoms with E-state index >= 15 is 0 Å². The summed E-state index contributed by atoms with van der Waals surface area (Å²) in [5, 5.41) is 14.8. The van der Waals surface area contributed by atoms with Crippen LogP contribution in [-0.2, 0) is 4.79 Å². The molecule has 0 aromatic heterocycles. The maximum absolute atomic E-state index is 10.5. The van der Waals surface area contributed by atoms with E-state index < -0.39 is 5.09 Å². The summed E-state index contributed by atoms with van der Waals surface area (Å²) in [5.74, 6) is 0.464. The van der Waals surface area contributed by atoms with Crippen LogP contribution in [0.25, 0.3) is 0 Å². The molecule has 0 aromatic rings. The molecule has 4 N–H and O–H groups in total. The normalized spacial score (nSPS) is 15.2. The topological polar surface area (TPSA) is 120 Å². The summed E-state index contributed by atoms with van der Waals surface area (Å²) in [7, 11) is 0. The van der Waals surface area contributed by atoms with E-state index in [-0.39, 0.29) is 6.15 Å². The molecule has 0 spiro atoms. The molecule has 0 unspecified atom stereocenters. The summed E-state index contributed by atoms with van der Waals surface area (Å²) in [5.41, 5.74) is 0. The Morgan fingerprint density at radius 3 is 1.58 bits per heavy atom. The van der Waals surface area contributed by atoms with Crippen molar-refractivity contribution in [3.05, 3.63) is 15.3 Å². The zero-order chi connectivity index (χ0) is 8.69. The molecule has 1 saturated carbocycles. The van der Waals surface area contributed by atoms with Gasteiger partial charge in [-0.05, 0) is 12.8 Å². The molecular formula is C6H14N2O4. The van der Waals surface area contributed by atoms with E-state index in [2.05, 4.69) is 0 Å². The van der Waals surface area contributed by atoms with Crippen LogP contribution in [0.2, 0.25) is 0 Å². The van der Waals surface area contributed by atoms with Crippen LogP contribution in [0.4, 0.5) is 0 Å². The van der Waals surface area contributed by atoms with Crippen LogP contribution in [0.3, 0.4) is 0 Å². The first-order chi connectivity index (χ1) is 5.13. The fourth-order valence-electron chi connectivity index (χ4n) is 0.946. The van der Waals surface area contributed by atoms with Gasteiger partial charge in [0.25, 0.3) is 0 Å². The van der Waals surface area contributed by atoms with Crippen LogP contribution >= 0.6 is 0 Å². The first-order valence-corrected chi connectivity index (χ1v) is 3.46. The van der Waals surface area contributed by atoms with Gasteiger partial charge in [0.2, 0.25) is 0 Å². The lowest BCUT2D eigenvalue weighted by Crippen LogP contribution is -2.02. The Kier molecular flexibility index (Phi) is 8.87. The van der Waals surface area contributed by atoms with Crippen molar-refractivity contribution in [2.75, 3.05) is 0 Å². The van der Waals surface area contributed by atoms with E-state index in [9.17, 15) is 4.79 Å². The second-order valence-electron chi connectivity index (χ2n) is 2.32. The maximum Gasteiger partial charge on any atom is 0.132 e. The second-order valence-corrected chi connectivity index (χ2v) is 2.32. The number of Topliss-reactive ketones (excluding diaryl/α,β-unsaturated/α-hetero) is 1. The highest BCUT2D eigenvalue weighted by Crippen LogP contribution is 2.12. The Bertz CT molecular complexity index is 136. The number of hydrogen-bond acceptors (Lipinski definition) is 4. The Morgan fingerprint density at radius 1 is 1.08 bits per heavy atom. The van der Waals surface area contributed by atoms with E-state index in [1.54, 1.807) is 0 Å². The van der Waals surface area contributed by atoms with Crippen molar-refractivity contribution < 1.29 is 9.88 Å². The van der Waals surface area contributed by atoms with Crippen LogP contribution in [0.15, 0.2) is 0 Å². The lowest BCUT2D eigenvalue weighted by atomic mass is 10.00. The first kappa shape index (κ1) is 13.4. The number of ketones is 1. The molecule has 12 heavy (non-hydrogen) atoms. The number of nitrogens with zero attached hydrogens (tertiary/aromatic N) is 1. The van der Waals surface area contributed by atoms with Gasteiger partial charge in [-0.25, -0.2) is 0 Å². The van der Waals surface area contributed by atoms with E-state index in [1.165, 1.54) is 6.42 Å². The highest BCUT2D eigenvalue weighted by Gasteiger charge is 2.05. The van der Waals surface area contributed by atoms with Crippen LogP contribution < -0.4 is 6.15 Å². The third-order valence-electron chi connectivity index (χ3n) is 1.41. The predicted octanol–water partition coefficient (Wildman–Crippen LogP) is 1.66. The smallest absolute Gasteiger partial charge is 0.132 e. The molecule has 1 aliphatic carbocycles. The number of quaternary nitrogens is 1. The van der Waals surface area contributed by atoms with E-state index in [1.807, 2.05) is 0 Å². The highest BCUT2D eigenvalue weighted by molar-refractivity contribution is 5.78. The molecule has 6 heteroatoms. The fourth-order valence-corrected chi connectivity index (χ4v) is 0.946. The van der Waals surface area contributed by atoms with E-state index in [0.29, 0.717) is 5.78 Å². The first-order valence-electron chi connectivity index (χ1n) is 3.46. The van der Waals surface area contributed by atoms with Gasteiger partial charge in [0, 0.05) is 12.8 Å². The van der Waals surface area contributed by atoms with Crippen LogP contribution in [0.1, 0.15) is 32.1 Å². The molecule has 1 fully saturated rings. The standard InChI is InChI=1S/C6H10O.NO3.H3N/c7-6-4-2-1-3-5-6;2-1(3)4;/h1-5H2;;1H3/q;-1;/p+1. The minimum Gasteiger partial charge on any atom is -0.369 e. The summed E-state index contributed by atoms with van der Waals surface area (Å²) in [6.07, 6.45) is 5.24. The largest absolute Gasteiger partial charge is 0.369 e. The average Bonchev–Trinajstić information content (AvgIpc) is 1.87. The summed E-state index contributed by atoms with van der Waals surface area (Å²) in [6, 6.07) is 0. The molecule has 0 bridgehead atoms. The third kappa shape index (κ3) is 11.6. The van der Waals surface area contributed by atoms with Crippen molar-refractivity contribution in [2.24, 2.45) is 0 Å². The molecule has 0 radical (unpaired) electrons. The van der Waals surface area contributed by atoms with Crippen molar-refractivity contribution >= 4 is 5.78 Å². The molecule has 0 aliphatic heterocycles. The van der Waals surface area contributed by atoms with Gasteiger partial charge in [0.05, 0.1) is 5.09 Å². The molecule has 0 heterocycles. The fraction of sp³-hybridized carbons (Fsp3) is 0.833. The van der Waals surface area contributed by atoms with Gasteiger partial charge < -0.3 is 21.5 Å². The van der Waals surface area contributed by atoms with Gasteiger partial charge >= 0.3 is 0 Å². The molecule has 0 aromatic carbocycles. The van der Waals surface area contributed by atoms with E-state index in [4.69, 9.17) is 15.3 Å². The molecule has 72 valence electrons. The molecule has 0 atom stereocenters. The minimum absolute atomic E-state index is 0. The van der Waals surface area contributed by atoms with Crippen molar-refractivity contribution in [1.29, 1.82) is 0 Å². The number of hydrogen-bond donors (Lipinski definition) is 1. The Morgan fingerprint density at radius 2 is 1.42 bits per heavy atom. The second kappa shape index (κ2) is 7.93. The van der Waals surface area contributed by atoms with Crippen molar-refractivity contribution in [3.63, 3.8) is 0 Å². The van der Waals surface area contributed by atoms with Gasteiger partial charge in [0.1, 0.15) is 5.78 Å². The molecule has 0 saturated heterocycles.